The first kappa shape index (κ1) is 15.5. The lowest BCUT2D eigenvalue weighted by atomic mass is 9.59. The lowest BCUT2D eigenvalue weighted by Gasteiger charge is -2.46. The molecule has 1 fully saturated rings. The maximum atomic E-state index is 4.43. The minimum absolute atomic E-state index is 0.102. The summed E-state index contributed by atoms with van der Waals surface area (Å²) in [5, 5.41) is 0. The largest absolute Gasteiger partial charge is 0.0950 e. The van der Waals surface area contributed by atoms with Gasteiger partial charge in [0.15, 0.2) is 0 Å². The summed E-state index contributed by atoms with van der Waals surface area (Å²) in [5.41, 5.74) is 3.18. The van der Waals surface area contributed by atoms with Crippen molar-refractivity contribution in [1.82, 2.24) is 0 Å². The molecule has 18 heavy (non-hydrogen) atoms. The van der Waals surface area contributed by atoms with Crippen LogP contribution in [-0.4, -0.2) is 0 Å². The average Bonchev–Trinajstić information content (AvgIpc) is 2.26. The van der Waals surface area contributed by atoms with Crippen molar-refractivity contribution in [3.05, 3.63) is 24.3 Å². The first-order valence-corrected chi connectivity index (χ1v) is 7.41. The molecule has 104 valence electrons. The molecule has 0 unspecified atom stereocenters. The first-order chi connectivity index (χ1) is 8.02. The van der Waals surface area contributed by atoms with Gasteiger partial charge in [-0.2, -0.15) is 0 Å². The number of rotatable bonds is 3. The molecule has 0 saturated heterocycles. The summed E-state index contributed by atoms with van der Waals surface area (Å²) in [6, 6.07) is 0. The fraction of sp³-hybridized carbons (Fsp3) is 0.778. The quantitative estimate of drug-likeness (QED) is 0.526. The molecule has 0 heterocycles. The third kappa shape index (κ3) is 2.73. The Labute approximate surface area is 115 Å². The van der Waals surface area contributed by atoms with E-state index in [-0.39, 0.29) is 16.2 Å². The van der Waals surface area contributed by atoms with Crippen LogP contribution in [0.3, 0.4) is 0 Å². The van der Waals surface area contributed by atoms with Gasteiger partial charge in [0, 0.05) is 0 Å². The van der Waals surface area contributed by atoms with Crippen LogP contribution in [0.2, 0.25) is 0 Å². The standard InChI is InChI=1S/C18H32/c1-14(17(6,7)16(3,4)5)15(2)18(8)12-10-9-11-13-18/h1-2,9-13H2,3-8H3. The average molecular weight is 248 g/mol. The second-order valence-corrected chi connectivity index (χ2v) is 7.95. The van der Waals surface area contributed by atoms with Crippen LogP contribution in [0.1, 0.15) is 73.6 Å². The predicted molar refractivity (Wildman–Crippen MR) is 82.7 cm³/mol. The smallest absolute Gasteiger partial charge is 0.00582 e. The molecule has 1 aliphatic rings. The first-order valence-electron chi connectivity index (χ1n) is 7.41. The van der Waals surface area contributed by atoms with E-state index in [4.69, 9.17) is 0 Å². The monoisotopic (exact) mass is 248 g/mol. The Bertz CT molecular complexity index is 330. The summed E-state index contributed by atoms with van der Waals surface area (Å²) in [4.78, 5) is 0. The molecule has 0 bridgehead atoms. The number of allylic oxidation sites excluding steroid dienone is 2. The lowest BCUT2D eigenvalue weighted by Crippen LogP contribution is -2.35. The van der Waals surface area contributed by atoms with Crippen molar-refractivity contribution in [1.29, 1.82) is 0 Å². The molecule has 0 spiro atoms. The summed E-state index contributed by atoms with van der Waals surface area (Å²) in [6.45, 7) is 22.8. The minimum Gasteiger partial charge on any atom is -0.0950 e. The van der Waals surface area contributed by atoms with Gasteiger partial charge in [-0.15, -0.1) is 0 Å². The maximum Gasteiger partial charge on any atom is -0.00582 e. The highest BCUT2D eigenvalue weighted by molar-refractivity contribution is 5.37. The normalized spacial score (nSPS) is 20.6. The van der Waals surface area contributed by atoms with Gasteiger partial charge in [0.2, 0.25) is 0 Å². The van der Waals surface area contributed by atoms with Crippen LogP contribution in [0.4, 0.5) is 0 Å². The van der Waals surface area contributed by atoms with Crippen molar-refractivity contribution >= 4 is 0 Å². The van der Waals surface area contributed by atoms with Gasteiger partial charge in [0.25, 0.3) is 0 Å². The van der Waals surface area contributed by atoms with E-state index in [9.17, 15) is 0 Å². The zero-order valence-corrected chi connectivity index (χ0v) is 13.4. The van der Waals surface area contributed by atoms with Crippen LogP contribution in [0.15, 0.2) is 24.3 Å². The summed E-state index contributed by atoms with van der Waals surface area (Å²) in [5.74, 6) is 0. The van der Waals surface area contributed by atoms with Crippen LogP contribution in [-0.2, 0) is 0 Å². The van der Waals surface area contributed by atoms with Crippen LogP contribution in [0.25, 0.3) is 0 Å². The second-order valence-electron chi connectivity index (χ2n) is 7.95. The van der Waals surface area contributed by atoms with Gasteiger partial charge in [-0.1, -0.05) is 74.0 Å². The molecule has 0 aliphatic heterocycles. The molecule has 1 rings (SSSR count). The van der Waals surface area contributed by atoms with Gasteiger partial charge in [-0.05, 0) is 40.2 Å². The zero-order chi connectivity index (χ0) is 14.2. The Balaban J connectivity index is 2.94. The maximum absolute atomic E-state index is 4.43. The molecule has 0 aromatic rings. The van der Waals surface area contributed by atoms with Crippen LogP contribution < -0.4 is 0 Å². The van der Waals surface area contributed by atoms with E-state index in [1.54, 1.807) is 0 Å². The van der Waals surface area contributed by atoms with Gasteiger partial charge in [-0.3, -0.25) is 0 Å². The van der Waals surface area contributed by atoms with E-state index in [0.29, 0.717) is 0 Å². The molecule has 0 aromatic heterocycles. The Morgan fingerprint density at radius 1 is 0.889 bits per heavy atom. The molecule has 0 atom stereocenters. The van der Waals surface area contributed by atoms with Crippen molar-refractivity contribution in [2.45, 2.75) is 73.6 Å². The van der Waals surface area contributed by atoms with Crippen LogP contribution in [0.5, 0.6) is 0 Å². The van der Waals surface area contributed by atoms with E-state index in [1.807, 2.05) is 0 Å². The SMILES string of the molecule is C=C(C(=C)C(C)(C)C(C)(C)C)C1(C)CCCCC1. The Kier molecular flexibility index (Phi) is 4.20. The highest BCUT2D eigenvalue weighted by atomic mass is 14.4. The summed E-state index contributed by atoms with van der Waals surface area (Å²) < 4.78 is 0. The minimum atomic E-state index is 0.102. The van der Waals surface area contributed by atoms with Crippen LogP contribution >= 0.6 is 0 Å². The van der Waals surface area contributed by atoms with E-state index >= 15 is 0 Å². The van der Waals surface area contributed by atoms with Gasteiger partial charge in [-0.25, -0.2) is 0 Å². The van der Waals surface area contributed by atoms with Gasteiger partial charge >= 0.3 is 0 Å². The van der Waals surface area contributed by atoms with Gasteiger partial charge in [0.05, 0.1) is 0 Å². The van der Waals surface area contributed by atoms with Crippen molar-refractivity contribution in [3.63, 3.8) is 0 Å². The molecule has 0 amide bonds. The third-order valence-corrected chi connectivity index (χ3v) is 5.68. The summed E-state index contributed by atoms with van der Waals surface area (Å²) in [7, 11) is 0. The molecular formula is C18H32. The summed E-state index contributed by atoms with van der Waals surface area (Å²) in [6.07, 6.45) is 6.64. The fourth-order valence-electron chi connectivity index (χ4n) is 2.83. The van der Waals surface area contributed by atoms with Crippen molar-refractivity contribution in [3.8, 4) is 0 Å². The highest BCUT2D eigenvalue weighted by Gasteiger charge is 2.40. The van der Waals surface area contributed by atoms with Gasteiger partial charge < -0.3 is 0 Å². The topological polar surface area (TPSA) is 0 Å². The molecular weight excluding hydrogens is 216 g/mol. The number of hydrogen-bond donors (Lipinski definition) is 0. The summed E-state index contributed by atoms with van der Waals surface area (Å²) >= 11 is 0. The molecule has 0 aromatic carbocycles. The molecule has 0 N–H and O–H groups in total. The Morgan fingerprint density at radius 2 is 1.33 bits per heavy atom. The van der Waals surface area contributed by atoms with E-state index < -0.39 is 0 Å². The molecule has 0 heteroatoms. The highest BCUT2D eigenvalue weighted by Crippen LogP contribution is 2.52. The van der Waals surface area contributed by atoms with Gasteiger partial charge in [0.1, 0.15) is 0 Å². The third-order valence-electron chi connectivity index (χ3n) is 5.68. The van der Waals surface area contributed by atoms with Crippen molar-refractivity contribution < 1.29 is 0 Å². The predicted octanol–water partition coefficient (Wildman–Crippen LogP) is 6.14. The molecule has 1 saturated carbocycles. The lowest BCUT2D eigenvalue weighted by molar-refractivity contribution is 0.169. The molecule has 0 radical (unpaired) electrons. The van der Waals surface area contributed by atoms with E-state index in [2.05, 4.69) is 54.7 Å². The van der Waals surface area contributed by atoms with Crippen LogP contribution in [0, 0.1) is 16.2 Å². The van der Waals surface area contributed by atoms with Crippen molar-refractivity contribution in [2.24, 2.45) is 16.2 Å². The second kappa shape index (κ2) is 4.87. The zero-order valence-electron chi connectivity index (χ0n) is 13.4. The molecule has 1 aliphatic carbocycles. The van der Waals surface area contributed by atoms with Crippen molar-refractivity contribution in [2.75, 3.05) is 0 Å². The Morgan fingerprint density at radius 3 is 1.72 bits per heavy atom. The van der Waals surface area contributed by atoms with E-state index in [0.717, 1.165) is 0 Å². The molecule has 0 nitrogen and oxygen atoms in total. The van der Waals surface area contributed by atoms with E-state index in [1.165, 1.54) is 43.3 Å². The Hall–Kier alpha value is -0.520. The number of hydrogen-bond acceptors (Lipinski definition) is 0. The fourth-order valence-corrected chi connectivity index (χ4v) is 2.83.